The van der Waals surface area contributed by atoms with Crippen LogP contribution in [0.2, 0.25) is 0 Å². The van der Waals surface area contributed by atoms with E-state index in [1.807, 2.05) is 6.92 Å². The molecule has 2 bridgehead atoms. The fraction of sp³-hybridized carbons (Fsp3) is 0.611. The molecule has 120 valence electrons. The number of nitrogens with one attached hydrogen (secondary N) is 1. The van der Waals surface area contributed by atoms with E-state index >= 15 is 0 Å². The van der Waals surface area contributed by atoms with Crippen LogP contribution >= 0.6 is 0 Å². The highest BCUT2D eigenvalue weighted by Crippen LogP contribution is 2.47. The first kappa shape index (κ1) is 15.5. The number of fused-ring (bicyclic) bond motifs is 2. The molecule has 0 radical (unpaired) electrons. The molecule has 4 unspecified atom stereocenters. The minimum Gasteiger partial charge on any atom is -0.377 e. The SMILES string of the molecule is CCOCc1ccc(CNC(=O)C2C3CCC(C3)C2N)cc1. The first-order valence-corrected chi connectivity index (χ1v) is 8.38. The number of nitrogens with two attached hydrogens (primary N) is 1. The number of carbonyl (C=O) groups excluding carboxylic acids is 1. The summed E-state index contributed by atoms with van der Waals surface area (Å²) in [4.78, 5) is 12.4. The van der Waals surface area contributed by atoms with Crippen LogP contribution in [0.15, 0.2) is 24.3 Å². The van der Waals surface area contributed by atoms with Crippen LogP contribution in [0.1, 0.15) is 37.3 Å². The van der Waals surface area contributed by atoms with Crippen molar-refractivity contribution < 1.29 is 9.53 Å². The van der Waals surface area contributed by atoms with Crippen molar-refractivity contribution in [3.05, 3.63) is 35.4 Å². The minimum atomic E-state index is 0.0241. The van der Waals surface area contributed by atoms with Gasteiger partial charge in [0.1, 0.15) is 0 Å². The van der Waals surface area contributed by atoms with Crippen LogP contribution in [0.5, 0.6) is 0 Å². The highest BCUT2D eigenvalue weighted by molar-refractivity contribution is 5.80. The van der Waals surface area contributed by atoms with Crippen LogP contribution in [0.25, 0.3) is 0 Å². The van der Waals surface area contributed by atoms with Gasteiger partial charge in [0.2, 0.25) is 5.91 Å². The van der Waals surface area contributed by atoms with Crippen LogP contribution in [0.3, 0.4) is 0 Å². The van der Waals surface area contributed by atoms with Crippen molar-refractivity contribution in [2.24, 2.45) is 23.5 Å². The molecule has 2 aliphatic rings. The van der Waals surface area contributed by atoms with E-state index in [-0.39, 0.29) is 17.9 Å². The van der Waals surface area contributed by atoms with Crippen molar-refractivity contribution in [1.29, 1.82) is 0 Å². The molecular weight excluding hydrogens is 276 g/mol. The molecule has 4 atom stereocenters. The normalized spacial score (nSPS) is 29.7. The summed E-state index contributed by atoms with van der Waals surface area (Å²) in [6.45, 7) is 3.93. The van der Waals surface area contributed by atoms with Crippen molar-refractivity contribution in [2.75, 3.05) is 6.61 Å². The summed E-state index contributed by atoms with van der Waals surface area (Å²) in [5, 5.41) is 3.07. The Morgan fingerprint density at radius 3 is 2.55 bits per heavy atom. The zero-order valence-corrected chi connectivity index (χ0v) is 13.3. The van der Waals surface area contributed by atoms with E-state index in [0.29, 0.717) is 25.0 Å². The summed E-state index contributed by atoms with van der Waals surface area (Å²) in [7, 11) is 0. The quantitative estimate of drug-likeness (QED) is 0.847. The Hall–Kier alpha value is -1.39. The van der Waals surface area contributed by atoms with Gasteiger partial charge in [-0.1, -0.05) is 24.3 Å². The molecule has 0 saturated heterocycles. The Bertz CT molecular complexity index is 512. The highest BCUT2D eigenvalue weighted by atomic mass is 16.5. The van der Waals surface area contributed by atoms with E-state index in [1.54, 1.807) is 0 Å². The van der Waals surface area contributed by atoms with Crippen LogP contribution in [-0.2, 0) is 22.7 Å². The van der Waals surface area contributed by atoms with Crippen molar-refractivity contribution in [2.45, 2.75) is 45.4 Å². The van der Waals surface area contributed by atoms with Gasteiger partial charge in [0.15, 0.2) is 0 Å². The molecule has 22 heavy (non-hydrogen) atoms. The van der Waals surface area contributed by atoms with Crippen LogP contribution in [0.4, 0.5) is 0 Å². The zero-order valence-electron chi connectivity index (χ0n) is 13.3. The van der Waals surface area contributed by atoms with Gasteiger partial charge >= 0.3 is 0 Å². The average Bonchev–Trinajstić information content (AvgIpc) is 3.12. The second-order valence-corrected chi connectivity index (χ2v) is 6.61. The maximum Gasteiger partial charge on any atom is 0.225 e. The largest absolute Gasteiger partial charge is 0.377 e. The topological polar surface area (TPSA) is 64.3 Å². The second-order valence-electron chi connectivity index (χ2n) is 6.61. The summed E-state index contributed by atoms with van der Waals surface area (Å²) in [6.07, 6.45) is 3.52. The summed E-state index contributed by atoms with van der Waals surface area (Å²) in [6, 6.07) is 8.28. The number of benzene rings is 1. The third-order valence-electron chi connectivity index (χ3n) is 5.25. The standard InChI is InChI=1S/C18H26N2O2/c1-2-22-11-13-5-3-12(4-6-13)10-20-18(21)16-14-7-8-15(9-14)17(16)19/h3-6,14-17H,2,7-11,19H2,1H3,(H,20,21). The lowest BCUT2D eigenvalue weighted by Crippen LogP contribution is -2.45. The lowest BCUT2D eigenvalue weighted by atomic mass is 9.84. The first-order chi connectivity index (χ1) is 10.7. The predicted molar refractivity (Wildman–Crippen MR) is 85.9 cm³/mol. The molecular formula is C18H26N2O2. The summed E-state index contributed by atoms with van der Waals surface area (Å²) >= 11 is 0. The van der Waals surface area contributed by atoms with Crippen molar-refractivity contribution in [3.63, 3.8) is 0 Å². The summed E-state index contributed by atoms with van der Waals surface area (Å²) < 4.78 is 5.38. The fourth-order valence-corrected chi connectivity index (χ4v) is 4.01. The van der Waals surface area contributed by atoms with Gasteiger partial charge in [0.05, 0.1) is 12.5 Å². The van der Waals surface area contributed by atoms with Crippen molar-refractivity contribution in [3.8, 4) is 0 Å². The van der Waals surface area contributed by atoms with Gasteiger partial charge in [-0.15, -0.1) is 0 Å². The first-order valence-electron chi connectivity index (χ1n) is 8.38. The Morgan fingerprint density at radius 2 is 1.91 bits per heavy atom. The lowest BCUT2D eigenvalue weighted by Gasteiger charge is -2.27. The number of amides is 1. The Morgan fingerprint density at radius 1 is 1.23 bits per heavy atom. The van der Waals surface area contributed by atoms with Crippen molar-refractivity contribution in [1.82, 2.24) is 5.32 Å². The molecule has 4 nitrogen and oxygen atoms in total. The van der Waals surface area contributed by atoms with Gasteiger partial charge in [0.25, 0.3) is 0 Å². The molecule has 3 N–H and O–H groups in total. The molecule has 2 fully saturated rings. The zero-order chi connectivity index (χ0) is 15.5. The molecule has 0 spiro atoms. The maximum absolute atomic E-state index is 12.4. The molecule has 1 amide bonds. The third kappa shape index (κ3) is 3.18. The molecule has 1 aromatic rings. The number of hydrogen-bond acceptors (Lipinski definition) is 3. The smallest absolute Gasteiger partial charge is 0.225 e. The van der Waals surface area contributed by atoms with Crippen LogP contribution < -0.4 is 11.1 Å². The van der Waals surface area contributed by atoms with Gasteiger partial charge in [0, 0.05) is 19.2 Å². The highest BCUT2D eigenvalue weighted by Gasteiger charge is 2.48. The lowest BCUT2D eigenvalue weighted by molar-refractivity contribution is -0.127. The number of ether oxygens (including phenoxy) is 1. The summed E-state index contributed by atoms with van der Waals surface area (Å²) in [5.41, 5.74) is 8.50. The minimum absolute atomic E-state index is 0.0241. The number of rotatable bonds is 6. The van der Waals surface area contributed by atoms with E-state index in [9.17, 15) is 4.79 Å². The van der Waals surface area contributed by atoms with Gasteiger partial charge < -0.3 is 15.8 Å². The number of carbonyl (C=O) groups is 1. The van der Waals surface area contributed by atoms with E-state index in [1.165, 1.54) is 12.8 Å². The molecule has 0 aliphatic heterocycles. The van der Waals surface area contributed by atoms with Gasteiger partial charge in [-0.2, -0.15) is 0 Å². The second kappa shape index (κ2) is 6.80. The van der Waals surface area contributed by atoms with E-state index in [2.05, 4.69) is 29.6 Å². The van der Waals surface area contributed by atoms with Crippen LogP contribution in [-0.4, -0.2) is 18.6 Å². The van der Waals surface area contributed by atoms with Gasteiger partial charge in [-0.05, 0) is 49.1 Å². The van der Waals surface area contributed by atoms with E-state index in [4.69, 9.17) is 10.5 Å². The van der Waals surface area contributed by atoms with E-state index < -0.39 is 0 Å². The Kier molecular flexibility index (Phi) is 4.79. The van der Waals surface area contributed by atoms with Crippen LogP contribution in [0, 0.1) is 17.8 Å². The molecule has 2 saturated carbocycles. The maximum atomic E-state index is 12.4. The van der Waals surface area contributed by atoms with Gasteiger partial charge in [-0.3, -0.25) is 4.79 Å². The molecule has 0 aromatic heterocycles. The van der Waals surface area contributed by atoms with E-state index in [0.717, 1.165) is 24.2 Å². The van der Waals surface area contributed by atoms with Gasteiger partial charge in [-0.25, -0.2) is 0 Å². The molecule has 2 aliphatic carbocycles. The molecule has 1 aromatic carbocycles. The molecule has 4 heteroatoms. The monoisotopic (exact) mass is 302 g/mol. The Labute approximate surface area is 132 Å². The number of hydrogen-bond donors (Lipinski definition) is 2. The molecule has 3 rings (SSSR count). The predicted octanol–water partition coefficient (Wildman–Crippen LogP) is 2.21. The molecule has 0 heterocycles. The summed E-state index contributed by atoms with van der Waals surface area (Å²) in [5.74, 6) is 1.24. The average molecular weight is 302 g/mol. The Balaban J connectivity index is 1.51. The third-order valence-corrected chi connectivity index (χ3v) is 5.25. The fourth-order valence-electron chi connectivity index (χ4n) is 4.01. The van der Waals surface area contributed by atoms with Crippen molar-refractivity contribution >= 4 is 5.91 Å².